The maximum atomic E-state index is 12.7. The number of aryl methyl sites for hydroxylation is 1. The molecule has 0 saturated carbocycles. The predicted molar refractivity (Wildman–Crippen MR) is 89.4 cm³/mol. The van der Waals surface area contributed by atoms with E-state index < -0.39 is 0 Å². The lowest BCUT2D eigenvalue weighted by Gasteiger charge is -2.12. The maximum absolute atomic E-state index is 12.7. The molecule has 0 aliphatic heterocycles. The van der Waals surface area contributed by atoms with Crippen LogP contribution in [0.15, 0.2) is 36.9 Å². The molecule has 0 saturated heterocycles. The second-order valence-corrected chi connectivity index (χ2v) is 6.15. The van der Waals surface area contributed by atoms with Crippen LogP contribution in [0.1, 0.15) is 32.6 Å². The van der Waals surface area contributed by atoms with Crippen LogP contribution in [0.2, 0.25) is 0 Å². The van der Waals surface area contributed by atoms with E-state index in [9.17, 15) is 15.0 Å². The average molecular weight is 320 g/mol. The van der Waals surface area contributed by atoms with Gasteiger partial charge >= 0.3 is 0 Å². The number of benzene rings is 2. The Kier molecular flexibility index (Phi) is 3.00. The van der Waals surface area contributed by atoms with Crippen LogP contribution in [0.5, 0.6) is 11.5 Å². The molecule has 0 radical (unpaired) electrons. The van der Waals surface area contributed by atoms with Gasteiger partial charge in [0.1, 0.15) is 11.5 Å². The molecular weight excluding hydrogens is 304 g/mol. The van der Waals surface area contributed by atoms with Gasteiger partial charge in [-0.1, -0.05) is 6.07 Å². The van der Waals surface area contributed by atoms with Crippen LogP contribution in [-0.2, 0) is 6.54 Å². The Hall–Kier alpha value is -3.08. The molecular formula is C19H16N2O3. The minimum atomic E-state index is -0.155. The Morgan fingerprint density at radius 2 is 1.88 bits per heavy atom. The van der Waals surface area contributed by atoms with E-state index in [0.717, 1.165) is 5.56 Å². The van der Waals surface area contributed by atoms with Crippen molar-refractivity contribution in [1.29, 1.82) is 0 Å². The molecule has 0 amide bonds. The minimum Gasteiger partial charge on any atom is -0.507 e. The Morgan fingerprint density at radius 1 is 1.08 bits per heavy atom. The number of nitrogens with zero attached hydrogens (tertiary/aromatic N) is 2. The van der Waals surface area contributed by atoms with Gasteiger partial charge in [-0.3, -0.25) is 4.79 Å². The molecule has 5 nitrogen and oxygen atoms in total. The van der Waals surface area contributed by atoms with Gasteiger partial charge in [0.25, 0.3) is 0 Å². The molecule has 120 valence electrons. The third-order valence-corrected chi connectivity index (χ3v) is 4.65. The number of hydrogen-bond acceptors (Lipinski definition) is 4. The maximum Gasteiger partial charge on any atom is 0.194 e. The Labute approximate surface area is 138 Å². The molecule has 24 heavy (non-hydrogen) atoms. The highest BCUT2D eigenvalue weighted by Gasteiger charge is 2.33. The smallest absolute Gasteiger partial charge is 0.194 e. The summed E-state index contributed by atoms with van der Waals surface area (Å²) in [7, 11) is 0. The van der Waals surface area contributed by atoms with E-state index >= 15 is 0 Å². The van der Waals surface area contributed by atoms with Crippen molar-refractivity contribution in [1.82, 2.24) is 9.55 Å². The molecule has 1 heterocycles. The topological polar surface area (TPSA) is 75.3 Å². The number of phenolic OH excluding ortho intramolecular Hbond substituents is 2. The van der Waals surface area contributed by atoms with Crippen molar-refractivity contribution in [2.24, 2.45) is 0 Å². The van der Waals surface area contributed by atoms with E-state index in [1.165, 1.54) is 0 Å². The van der Waals surface area contributed by atoms with E-state index in [4.69, 9.17) is 0 Å². The molecule has 0 atom stereocenters. The third-order valence-electron chi connectivity index (χ3n) is 4.65. The van der Waals surface area contributed by atoms with Gasteiger partial charge in [-0.15, -0.1) is 0 Å². The van der Waals surface area contributed by atoms with Gasteiger partial charge in [0.15, 0.2) is 5.78 Å². The molecule has 0 spiro atoms. The van der Waals surface area contributed by atoms with Gasteiger partial charge in [-0.05, 0) is 37.1 Å². The summed E-state index contributed by atoms with van der Waals surface area (Å²) >= 11 is 0. The standard InChI is InChI=1S/C19H16N2O3/c1-10-7-14-15(11(2)17(10)22)19(24)13-4-3-12(18(23)16(13)14)8-21-6-5-20-9-21/h3-7,9,22-23H,8H2,1-2H3. The number of carbonyl (C=O) groups excluding carboxylic acids is 1. The lowest BCUT2D eigenvalue weighted by Crippen LogP contribution is -2.00. The van der Waals surface area contributed by atoms with Crippen molar-refractivity contribution in [2.45, 2.75) is 20.4 Å². The largest absolute Gasteiger partial charge is 0.507 e. The first kappa shape index (κ1) is 14.5. The van der Waals surface area contributed by atoms with Crippen molar-refractivity contribution in [2.75, 3.05) is 0 Å². The van der Waals surface area contributed by atoms with Crippen molar-refractivity contribution in [3.8, 4) is 22.6 Å². The van der Waals surface area contributed by atoms with Gasteiger partial charge in [0, 0.05) is 40.2 Å². The summed E-state index contributed by atoms with van der Waals surface area (Å²) in [6.45, 7) is 3.99. The fraction of sp³-hybridized carbons (Fsp3) is 0.158. The molecule has 4 rings (SSSR count). The van der Waals surface area contributed by atoms with Crippen LogP contribution in [0.4, 0.5) is 0 Å². The van der Waals surface area contributed by atoms with Crippen molar-refractivity contribution in [3.05, 3.63) is 64.7 Å². The van der Waals surface area contributed by atoms with Crippen LogP contribution >= 0.6 is 0 Å². The van der Waals surface area contributed by atoms with E-state index in [1.807, 2.05) is 10.8 Å². The average Bonchev–Trinajstić information content (AvgIpc) is 3.15. The highest BCUT2D eigenvalue weighted by molar-refractivity contribution is 6.23. The van der Waals surface area contributed by atoms with Crippen LogP contribution in [-0.4, -0.2) is 25.5 Å². The van der Waals surface area contributed by atoms with E-state index in [0.29, 0.717) is 39.9 Å². The van der Waals surface area contributed by atoms with Crippen molar-refractivity contribution in [3.63, 3.8) is 0 Å². The number of aromatic hydroxyl groups is 2. The summed E-state index contributed by atoms with van der Waals surface area (Å²) in [6.07, 6.45) is 5.18. The molecule has 2 N–H and O–H groups in total. The predicted octanol–water partition coefficient (Wildman–Crippen LogP) is 3.17. The fourth-order valence-electron chi connectivity index (χ4n) is 3.40. The molecule has 0 unspecified atom stereocenters. The van der Waals surface area contributed by atoms with Gasteiger partial charge in [0.05, 0.1) is 12.9 Å². The minimum absolute atomic E-state index is 0.109. The highest BCUT2D eigenvalue weighted by Crippen LogP contribution is 2.47. The van der Waals surface area contributed by atoms with Crippen molar-refractivity contribution < 1.29 is 15.0 Å². The number of ketones is 1. The number of rotatable bonds is 2. The van der Waals surface area contributed by atoms with Gasteiger partial charge < -0.3 is 14.8 Å². The van der Waals surface area contributed by atoms with E-state index in [-0.39, 0.29) is 17.3 Å². The molecule has 2 aromatic carbocycles. The van der Waals surface area contributed by atoms with Crippen LogP contribution in [0.25, 0.3) is 11.1 Å². The Balaban J connectivity index is 1.94. The monoisotopic (exact) mass is 320 g/mol. The van der Waals surface area contributed by atoms with E-state index in [2.05, 4.69) is 4.98 Å². The lowest BCUT2D eigenvalue weighted by molar-refractivity contribution is 0.104. The molecule has 3 aromatic rings. The summed E-state index contributed by atoms with van der Waals surface area (Å²) < 4.78 is 1.85. The number of hydrogen-bond donors (Lipinski definition) is 2. The second-order valence-electron chi connectivity index (χ2n) is 6.15. The first-order valence-corrected chi connectivity index (χ1v) is 7.68. The molecule has 1 aliphatic rings. The fourth-order valence-corrected chi connectivity index (χ4v) is 3.40. The molecule has 5 heteroatoms. The summed E-state index contributed by atoms with van der Waals surface area (Å²) in [5.41, 5.74) is 4.16. The lowest BCUT2D eigenvalue weighted by atomic mass is 9.96. The number of phenols is 2. The first-order valence-electron chi connectivity index (χ1n) is 7.68. The van der Waals surface area contributed by atoms with E-state index in [1.54, 1.807) is 44.6 Å². The number of fused-ring (bicyclic) bond motifs is 3. The molecule has 1 aliphatic carbocycles. The number of imidazole rings is 1. The van der Waals surface area contributed by atoms with Crippen LogP contribution in [0.3, 0.4) is 0 Å². The Morgan fingerprint density at radius 3 is 2.58 bits per heavy atom. The van der Waals surface area contributed by atoms with Crippen molar-refractivity contribution >= 4 is 5.78 Å². The molecule has 1 aromatic heterocycles. The Bertz CT molecular complexity index is 989. The zero-order chi connectivity index (χ0) is 17.0. The van der Waals surface area contributed by atoms with Crippen LogP contribution < -0.4 is 0 Å². The summed E-state index contributed by atoms with van der Waals surface area (Å²) in [5.74, 6) is 0.0862. The summed E-state index contributed by atoms with van der Waals surface area (Å²) in [6, 6.07) is 5.28. The SMILES string of the molecule is Cc1cc2c(c(C)c1O)C(=O)c1ccc(Cn3ccnc3)c(O)c1-2. The third kappa shape index (κ3) is 1.88. The van der Waals surface area contributed by atoms with Gasteiger partial charge in [-0.2, -0.15) is 0 Å². The first-order chi connectivity index (χ1) is 11.5. The highest BCUT2D eigenvalue weighted by atomic mass is 16.3. The zero-order valence-electron chi connectivity index (χ0n) is 13.4. The second kappa shape index (κ2) is 4.96. The molecule has 0 bridgehead atoms. The number of carbonyl (C=O) groups is 1. The quantitative estimate of drug-likeness (QED) is 0.595. The normalized spacial score (nSPS) is 12.3. The van der Waals surface area contributed by atoms with Gasteiger partial charge in [0.2, 0.25) is 0 Å². The number of aromatic nitrogens is 2. The van der Waals surface area contributed by atoms with Crippen LogP contribution in [0, 0.1) is 13.8 Å². The van der Waals surface area contributed by atoms with Gasteiger partial charge in [-0.25, -0.2) is 4.98 Å². The summed E-state index contributed by atoms with van der Waals surface area (Å²) in [4.78, 5) is 16.7. The zero-order valence-corrected chi connectivity index (χ0v) is 13.4. The summed E-state index contributed by atoms with van der Waals surface area (Å²) in [5, 5.41) is 20.9. The molecule has 0 fully saturated rings.